The number of aryl methyl sites for hydroxylation is 1. The van der Waals surface area contributed by atoms with Crippen LogP contribution in [-0.4, -0.2) is 20.2 Å². The van der Waals surface area contributed by atoms with Crippen LogP contribution >= 0.6 is 0 Å². The minimum atomic E-state index is 0.995. The molecule has 1 heterocycles. The zero-order valence-corrected chi connectivity index (χ0v) is 8.09. The molecule has 14 heavy (non-hydrogen) atoms. The molecule has 0 radical (unpaired) electrons. The summed E-state index contributed by atoms with van der Waals surface area (Å²) in [6, 6.07) is 8.28. The molecule has 2 aromatic rings. The minimum Gasteiger partial charge on any atom is -0.201 e. The molecule has 1 aromatic carbocycles. The summed E-state index contributed by atoms with van der Waals surface area (Å²) in [5.41, 5.74) is 2.35. The van der Waals surface area contributed by atoms with E-state index in [0.717, 1.165) is 12.1 Å². The third kappa shape index (κ3) is 1.79. The van der Waals surface area contributed by atoms with Crippen LogP contribution in [0.4, 0.5) is 0 Å². The first-order chi connectivity index (χ1) is 6.90. The van der Waals surface area contributed by atoms with Gasteiger partial charge in [0.05, 0.1) is 5.69 Å². The molecule has 2 rings (SSSR count). The molecule has 0 saturated heterocycles. The second-order valence-corrected chi connectivity index (χ2v) is 3.17. The van der Waals surface area contributed by atoms with Gasteiger partial charge in [-0.3, -0.25) is 0 Å². The summed E-state index contributed by atoms with van der Waals surface area (Å²) in [7, 11) is 0. The number of hydrogen-bond acceptors (Lipinski definition) is 3. The summed E-state index contributed by atoms with van der Waals surface area (Å²) >= 11 is 0. The molecular weight excluding hydrogens is 176 g/mol. The average molecular weight is 188 g/mol. The van der Waals surface area contributed by atoms with Crippen LogP contribution in [-0.2, 0) is 6.42 Å². The lowest BCUT2D eigenvalue weighted by atomic mass is 10.1. The van der Waals surface area contributed by atoms with Gasteiger partial charge in [-0.25, -0.2) is 4.68 Å². The highest BCUT2D eigenvalue weighted by molar-refractivity contribution is 5.33. The number of benzene rings is 1. The molecule has 0 saturated carbocycles. The Morgan fingerprint density at radius 1 is 1.21 bits per heavy atom. The highest BCUT2D eigenvalue weighted by atomic mass is 15.5. The van der Waals surface area contributed by atoms with Crippen LogP contribution < -0.4 is 0 Å². The summed E-state index contributed by atoms with van der Waals surface area (Å²) in [4.78, 5) is 0. The third-order valence-electron chi connectivity index (χ3n) is 2.09. The number of rotatable bonds is 3. The highest BCUT2D eigenvalue weighted by Crippen LogP contribution is 2.08. The molecular formula is C10H12N4. The predicted octanol–water partition coefficient (Wildman–Crippen LogP) is 1.61. The van der Waals surface area contributed by atoms with Gasteiger partial charge in [-0.15, -0.1) is 5.10 Å². The van der Waals surface area contributed by atoms with Crippen molar-refractivity contribution < 1.29 is 0 Å². The summed E-state index contributed by atoms with van der Waals surface area (Å²) < 4.78 is 1.65. The van der Waals surface area contributed by atoms with Gasteiger partial charge in [0.1, 0.15) is 6.33 Å². The van der Waals surface area contributed by atoms with Gasteiger partial charge in [-0.1, -0.05) is 25.5 Å². The normalized spacial score (nSPS) is 10.4. The smallest absolute Gasteiger partial charge is 0.143 e. The lowest BCUT2D eigenvalue weighted by molar-refractivity contribution is 0.788. The van der Waals surface area contributed by atoms with E-state index < -0.39 is 0 Å². The summed E-state index contributed by atoms with van der Waals surface area (Å²) in [5.74, 6) is 0. The van der Waals surface area contributed by atoms with Crippen molar-refractivity contribution in [2.24, 2.45) is 0 Å². The first kappa shape index (κ1) is 8.87. The van der Waals surface area contributed by atoms with Crippen molar-refractivity contribution >= 4 is 0 Å². The van der Waals surface area contributed by atoms with Crippen molar-refractivity contribution in [2.45, 2.75) is 19.8 Å². The van der Waals surface area contributed by atoms with Gasteiger partial charge < -0.3 is 0 Å². The first-order valence-corrected chi connectivity index (χ1v) is 4.72. The maximum atomic E-state index is 3.82. The van der Waals surface area contributed by atoms with Crippen LogP contribution in [0.2, 0.25) is 0 Å². The van der Waals surface area contributed by atoms with Gasteiger partial charge in [-0.2, -0.15) is 0 Å². The molecule has 1 aromatic heterocycles. The van der Waals surface area contributed by atoms with Crippen LogP contribution in [0, 0.1) is 0 Å². The van der Waals surface area contributed by atoms with Crippen LogP contribution in [0.15, 0.2) is 30.6 Å². The molecule has 4 nitrogen and oxygen atoms in total. The highest BCUT2D eigenvalue weighted by Gasteiger charge is 1.97. The Morgan fingerprint density at radius 2 is 2.00 bits per heavy atom. The fourth-order valence-corrected chi connectivity index (χ4v) is 1.38. The molecule has 0 aliphatic carbocycles. The molecule has 4 heteroatoms. The van der Waals surface area contributed by atoms with E-state index in [9.17, 15) is 0 Å². The Morgan fingerprint density at radius 3 is 2.57 bits per heavy atom. The van der Waals surface area contributed by atoms with E-state index in [2.05, 4.69) is 34.6 Å². The van der Waals surface area contributed by atoms with Gasteiger partial charge in [0.25, 0.3) is 0 Å². The Bertz CT molecular complexity index is 377. The summed E-state index contributed by atoms with van der Waals surface area (Å²) in [6.45, 7) is 2.18. The van der Waals surface area contributed by atoms with Crippen molar-refractivity contribution in [1.29, 1.82) is 0 Å². The molecule has 0 unspecified atom stereocenters. The maximum Gasteiger partial charge on any atom is 0.143 e. The van der Waals surface area contributed by atoms with Gasteiger partial charge in [0.15, 0.2) is 0 Å². The Hall–Kier alpha value is -1.71. The van der Waals surface area contributed by atoms with Crippen LogP contribution in [0.1, 0.15) is 18.9 Å². The standard InChI is InChI=1S/C10H12N4/c1-2-3-9-4-6-10(7-5-9)14-8-11-12-13-14/h4-8H,2-3H2,1H3. The molecule has 0 atom stereocenters. The van der Waals surface area contributed by atoms with E-state index >= 15 is 0 Å². The van der Waals surface area contributed by atoms with Crippen LogP contribution in [0.5, 0.6) is 0 Å². The lowest BCUT2D eigenvalue weighted by Gasteiger charge is -2.01. The van der Waals surface area contributed by atoms with Crippen molar-refractivity contribution in [3.8, 4) is 5.69 Å². The molecule has 0 spiro atoms. The van der Waals surface area contributed by atoms with Crippen LogP contribution in [0.25, 0.3) is 5.69 Å². The molecule has 72 valence electrons. The molecule has 0 aliphatic heterocycles. The molecule has 0 aliphatic rings. The van der Waals surface area contributed by atoms with E-state index in [4.69, 9.17) is 0 Å². The van der Waals surface area contributed by atoms with E-state index in [0.29, 0.717) is 0 Å². The average Bonchev–Trinajstić information content (AvgIpc) is 2.72. The lowest BCUT2D eigenvalue weighted by Crippen LogP contribution is -1.95. The summed E-state index contributed by atoms with van der Waals surface area (Å²) in [6.07, 6.45) is 3.88. The summed E-state index contributed by atoms with van der Waals surface area (Å²) in [5, 5.41) is 11.0. The number of nitrogens with zero attached hydrogens (tertiary/aromatic N) is 4. The van der Waals surface area contributed by atoms with Gasteiger partial charge >= 0.3 is 0 Å². The Labute approximate surface area is 82.6 Å². The fourth-order valence-electron chi connectivity index (χ4n) is 1.38. The zero-order chi connectivity index (χ0) is 9.80. The van der Waals surface area contributed by atoms with Gasteiger partial charge in [0.2, 0.25) is 0 Å². The van der Waals surface area contributed by atoms with E-state index in [-0.39, 0.29) is 0 Å². The van der Waals surface area contributed by atoms with Crippen molar-refractivity contribution in [2.75, 3.05) is 0 Å². The van der Waals surface area contributed by atoms with Gasteiger partial charge in [-0.05, 0) is 34.5 Å². The Balaban J connectivity index is 2.22. The predicted molar refractivity (Wildman–Crippen MR) is 53.1 cm³/mol. The monoisotopic (exact) mass is 188 g/mol. The second kappa shape index (κ2) is 4.00. The van der Waals surface area contributed by atoms with Crippen molar-refractivity contribution in [3.05, 3.63) is 36.2 Å². The maximum absolute atomic E-state index is 3.82. The topological polar surface area (TPSA) is 43.6 Å². The largest absolute Gasteiger partial charge is 0.201 e. The van der Waals surface area contributed by atoms with Crippen LogP contribution in [0.3, 0.4) is 0 Å². The molecule has 0 fully saturated rings. The Kier molecular flexibility index (Phi) is 2.53. The first-order valence-electron chi connectivity index (χ1n) is 4.72. The number of tetrazole rings is 1. The quantitative estimate of drug-likeness (QED) is 0.735. The number of aromatic nitrogens is 4. The SMILES string of the molecule is CCCc1ccc(-n2cnnn2)cc1. The fraction of sp³-hybridized carbons (Fsp3) is 0.300. The molecule has 0 bridgehead atoms. The van der Waals surface area contributed by atoms with Crippen molar-refractivity contribution in [1.82, 2.24) is 20.2 Å². The number of hydrogen-bond donors (Lipinski definition) is 0. The van der Waals surface area contributed by atoms with E-state index in [1.807, 2.05) is 12.1 Å². The van der Waals surface area contributed by atoms with Gasteiger partial charge in [0, 0.05) is 0 Å². The molecule has 0 amide bonds. The minimum absolute atomic E-state index is 0.995. The molecule has 0 N–H and O–H groups in total. The zero-order valence-electron chi connectivity index (χ0n) is 8.09. The van der Waals surface area contributed by atoms with Crippen molar-refractivity contribution in [3.63, 3.8) is 0 Å². The third-order valence-corrected chi connectivity index (χ3v) is 2.09. The van der Waals surface area contributed by atoms with E-state index in [1.165, 1.54) is 12.0 Å². The van der Waals surface area contributed by atoms with E-state index in [1.54, 1.807) is 11.0 Å². The second-order valence-electron chi connectivity index (χ2n) is 3.17.